The fraction of sp³-hybridized carbons (Fsp3) is 0.909. The molecule has 0 unspecified atom stereocenters. The van der Waals surface area contributed by atoms with Gasteiger partial charge in [0.1, 0.15) is 0 Å². The van der Waals surface area contributed by atoms with Crippen molar-refractivity contribution in [2.45, 2.75) is 19.3 Å². The predicted octanol–water partition coefficient (Wildman–Crippen LogP) is -0.0770. The maximum absolute atomic E-state index is 11.8. The minimum absolute atomic E-state index is 0.219. The molecule has 15 heavy (non-hydrogen) atoms. The fourth-order valence-electron chi connectivity index (χ4n) is 2.14. The highest BCUT2D eigenvalue weighted by molar-refractivity contribution is 5.81. The highest BCUT2D eigenvalue weighted by atomic mass is 16.3. The third-order valence-corrected chi connectivity index (χ3v) is 3.24. The van der Waals surface area contributed by atoms with Crippen molar-refractivity contribution in [2.75, 3.05) is 39.3 Å². The molecule has 0 aromatic carbocycles. The molecule has 1 heterocycles. The maximum Gasteiger partial charge on any atom is 0.225 e. The molecule has 1 aliphatic carbocycles. The summed E-state index contributed by atoms with van der Waals surface area (Å²) < 4.78 is 0. The van der Waals surface area contributed by atoms with E-state index >= 15 is 0 Å². The summed E-state index contributed by atoms with van der Waals surface area (Å²) in [5.41, 5.74) is 0. The minimum atomic E-state index is 0.219. The molecule has 2 rings (SSSR count). The Kier molecular flexibility index (Phi) is 3.59. The first kappa shape index (κ1) is 10.9. The number of β-amino-alcohol motifs (C(OH)–C–C–N with tert-alkyl or cyclic N) is 1. The van der Waals surface area contributed by atoms with Crippen LogP contribution in [-0.4, -0.2) is 60.1 Å². The Morgan fingerprint density at radius 2 is 2.00 bits per heavy atom. The molecular weight excluding hydrogens is 192 g/mol. The van der Waals surface area contributed by atoms with Gasteiger partial charge in [0.05, 0.1) is 6.61 Å². The lowest BCUT2D eigenvalue weighted by molar-refractivity contribution is -0.132. The first-order valence-electron chi connectivity index (χ1n) is 5.93. The van der Waals surface area contributed by atoms with Crippen molar-refractivity contribution in [1.29, 1.82) is 0 Å². The standard InChI is InChI=1S/C11H20N2O2/c14-9-8-12-4-1-5-13(7-6-12)11(15)10-2-3-10/h10,14H,1-9H2. The van der Waals surface area contributed by atoms with Gasteiger partial charge < -0.3 is 10.0 Å². The van der Waals surface area contributed by atoms with Crippen molar-refractivity contribution in [3.05, 3.63) is 0 Å². The van der Waals surface area contributed by atoms with Crippen molar-refractivity contribution >= 4 is 5.91 Å². The molecular formula is C11H20N2O2. The average Bonchev–Trinajstić information content (AvgIpc) is 3.05. The summed E-state index contributed by atoms with van der Waals surface area (Å²) in [6, 6.07) is 0. The van der Waals surface area contributed by atoms with Crippen LogP contribution >= 0.6 is 0 Å². The summed E-state index contributed by atoms with van der Waals surface area (Å²) in [7, 11) is 0. The highest BCUT2D eigenvalue weighted by Gasteiger charge is 2.33. The van der Waals surface area contributed by atoms with Crippen LogP contribution < -0.4 is 0 Å². The number of hydrogen-bond donors (Lipinski definition) is 1. The first-order valence-corrected chi connectivity index (χ1v) is 5.93. The molecule has 4 nitrogen and oxygen atoms in total. The normalized spacial score (nSPS) is 23.9. The second kappa shape index (κ2) is 4.94. The average molecular weight is 212 g/mol. The number of hydrogen-bond acceptors (Lipinski definition) is 3. The summed E-state index contributed by atoms with van der Waals surface area (Å²) in [4.78, 5) is 16.1. The van der Waals surface area contributed by atoms with E-state index in [0.717, 1.165) is 52.0 Å². The van der Waals surface area contributed by atoms with E-state index in [2.05, 4.69) is 4.90 Å². The Labute approximate surface area is 90.9 Å². The van der Waals surface area contributed by atoms with E-state index < -0.39 is 0 Å². The van der Waals surface area contributed by atoms with Crippen molar-refractivity contribution in [3.8, 4) is 0 Å². The van der Waals surface area contributed by atoms with E-state index in [-0.39, 0.29) is 6.61 Å². The van der Waals surface area contributed by atoms with E-state index in [1.165, 1.54) is 0 Å². The zero-order valence-electron chi connectivity index (χ0n) is 9.19. The van der Waals surface area contributed by atoms with Gasteiger partial charge in [-0.15, -0.1) is 0 Å². The van der Waals surface area contributed by atoms with Gasteiger partial charge >= 0.3 is 0 Å². The van der Waals surface area contributed by atoms with Crippen LogP contribution in [0.25, 0.3) is 0 Å². The number of carbonyl (C=O) groups is 1. The molecule has 1 saturated heterocycles. The SMILES string of the molecule is O=C(C1CC1)N1CCCN(CCO)CC1. The van der Waals surface area contributed by atoms with Crippen LogP contribution in [0, 0.1) is 5.92 Å². The molecule has 4 heteroatoms. The number of carbonyl (C=O) groups excluding carboxylic acids is 1. The molecule has 0 bridgehead atoms. The van der Waals surface area contributed by atoms with Crippen LogP contribution in [0.15, 0.2) is 0 Å². The molecule has 2 aliphatic rings. The van der Waals surface area contributed by atoms with Crippen LogP contribution in [0.3, 0.4) is 0 Å². The van der Waals surface area contributed by atoms with Crippen LogP contribution in [0.1, 0.15) is 19.3 Å². The van der Waals surface area contributed by atoms with Gasteiger partial charge in [0, 0.05) is 32.1 Å². The first-order chi connectivity index (χ1) is 7.31. The Morgan fingerprint density at radius 1 is 1.20 bits per heavy atom. The van der Waals surface area contributed by atoms with Gasteiger partial charge in [0.15, 0.2) is 0 Å². The van der Waals surface area contributed by atoms with E-state index in [1.54, 1.807) is 0 Å². The molecule has 2 fully saturated rings. The van der Waals surface area contributed by atoms with Gasteiger partial charge in [-0.05, 0) is 25.8 Å². The van der Waals surface area contributed by atoms with Crippen LogP contribution in [0.4, 0.5) is 0 Å². The van der Waals surface area contributed by atoms with Gasteiger partial charge in [-0.2, -0.15) is 0 Å². The lowest BCUT2D eigenvalue weighted by Gasteiger charge is -2.21. The Hall–Kier alpha value is -0.610. The number of aliphatic hydroxyl groups is 1. The molecule has 1 amide bonds. The van der Waals surface area contributed by atoms with Crippen LogP contribution in [0.2, 0.25) is 0 Å². The van der Waals surface area contributed by atoms with Crippen molar-refractivity contribution in [1.82, 2.24) is 9.80 Å². The highest BCUT2D eigenvalue weighted by Crippen LogP contribution is 2.31. The molecule has 86 valence electrons. The van der Waals surface area contributed by atoms with Gasteiger partial charge in [0.25, 0.3) is 0 Å². The molecule has 0 spiro atoms. The second-order valence-corrected chi connectivity index (χ2v) is 4.52. The fourth-order valence-corrected chi connectivity index (χ4v) is 2.14. The Morgan fingerprint density at radius 3 is 2.67 bits per heavy atom. The lowest BCUT2D eigenvalue weighted by Crippen LogP contribution is -2.36. The number of nitrogens with zero attached hydrogens (tertiary/aromatic N) is 2. The molecule has 0 atom stereocenters. The number of rotatable bonds is 3. The quantitative estimate of drug-likeness (QED) is 0.712. The zero-order valence-corrected chi connectivity index (χ0v) is 9.19. The lowest BCUT2D eigenvalue weighted by atomic mass is 10.3. The van der Waals surface area contributed by atoms with Gasteiger partial charge in [-0.25, -0.2) is 0 Å². The predicted molar refractivity (Wildman–Crippen MR) is 57.4 cm³/mol. The van der Waals surface area contributed by atoms with Gasteiger partial charge in [0.2, 0.25) is 5.91 Å². The molecule has 0 radical (unpaired) electrons. The molecule has 1 N–H and O–H groups in total. The monoisotopic (exact) mass is 212 g/mol. The Balaban J connectivity index is 1.80. The van der Waals surface area contributed by atoms with Crippen LogP contribution in [-0.2, 0) is 4.79 Å². The largest absolute Gasteiger partial charge is 0.395 e. The summed E-state index contributed by atoms with van der Waals surface area (Å²) in [6.07, 6.45) is 3.23. The molecule has 1 aliphatic heterocycles. The summed E-state index contributed by atoms with van der Waals surface area (Å²) >= 11 is 0. The molecule has 1 saturated carbocycles. The summed E-state index contributed by atoms with van der Waals surface area (Å²) in [5, 5.41) is 8.86. The zero-order chi connectivity index (χ0) is 10.7. The third kappa shape index (κ3) is 2.92. The molecule has 0 aromatic heterocycles. The van der Waals surface area contributed by atoms with Crippen LogP contribution in [0.5, 0.6) is 0 Å². The summed E-state index contributed by atoms with van der Waals surface area (Å²) in [5.74, 6) is 0.704. The van der Waals surface area contributed by atoms with Crippen molar-refractivity contribution in [3.63, 3.8) is 0 Å². The number of amides is 1. The second-order valence-electron chi connectivity index (χ2n) is 4.52. The number of aliphatic hydroxyl groups excluding tert-OH is 1. The smallest absolute Gasteiger partial charge is 0.225 e. The maximum atomic E-state index is 11.8. The van der Waals surface area contributed by atoms with E-state index in [1.807, 2.05) is 4.90 Å². The topological polar surface area (TPSA) is 43.8 Å². The summed E-state index contributed by atoms with van der Waals surface area (Å²) in [6.45, 7) is 4.63. The van der Waals surface area contributed by atoms with E-state index in [9.17, 15) is 4.79 Å². The van der Waals surface area contributed by atoms with Gasteiger partial charge in [-0.3, -0.25) is 9.69 Å². The van der Waals surface area contributed by atoms with E-state index in [4.69, 9.17) is 5.11 Å². The third-order valence-electron chi connectivity index (χ3n) is 3.24. The van der Waals surface area contributed by atoms with Crippen molar-refractivity contribution in [2.24, 2.45) is 5.92 Å². The Bertz CT molecular complexity index is 229. The van der Waals surface area contributed by atoms with Crippen molar-refractivity contribution < 1.29 is 9.90 Å². The molecule has 0 aromatic rings. The minimum Gasteiger partial charge on any atom is -0.395 e. The van der Waals surface area contributed by atoms with Gasteiger partial charge in [-0.1, -0.05) is 0 Å². The van der Waals surface area contributed by atoms with E-state index in [0.29, 0.717) is 11.8 Å².